The van der Waals surface area contributed by atoms with Crippen molar-refractivity contribution in [1.29, 1.82) is 0 Å². The van der Waals surface area contributed by atoms with Crippen LogP contribution in [0.3, 0.4) is 0 Å². The zero-order valence-corrected chi connectivity index (χ0v) is 10.7. The van der Waals surface area contributed by atoms with Crippen LogP contribution in [0.5, 0.6) is 0 Å². The lowest BCUT2D eigenvalue weighted by Crippen LogP contribution is -3.15. The largest absolute Gasteiger partial charge is 0.332 e. The Bertz CT molecular complexity index is 556. The van der Waals surface area contributed by atoms with Crippen molar-refractivity contribution in [2.45, 2.75) is 26.4 Å². The SMILES string of the molecule is CC(C)[NH+]1CNc2c(c(=O)n(C)c(=O)n2C)C1. The van der Waals surface area contributed by atoms with E-state index in [1.54, 1.807) is 7.05 Å². The second kappa shape index (κ2) is 4.03. The van der Waals surface area contributed by atoms with Crippen molar-refractivity contribution in [2.75, 3.05) is 12.0 Å². The molecule has 1 atom stereocenters. The third-order valence-electron chi connectivity index (χ3n) is 3.46. The Morgan fingerprint density at radius 3 is 2.47 bits per heavy atom. The lowest BCUT2D eigenvalue weighted by atomic mass is 10.2. The van der Waals surface area contributed by atoms with E-state index in [0.29, 0.717) is 24.0 Å². The fraction of sp³-hybridized carbons (Fsp3) is 0.636. The number of rotatable bonds is 1. The van der Waals surface area contributed by atoms with Crippen LogP contribution in [-0.2, 0) is 20.6 Å². The van der Waals surface area contributed by atoms with Gasteiger partial charge in [0.25, 0.3) is 5.56 Å². The molecule has 2 heterocycles. The maximum Gasteiger partial charge on any atom is 0.332 e. The summed E-state index contributed by atoms with van der Waals surface area (Å²) in [5.74, 6) is 0.669. The van der Waals surface area contributed by atoms with Crippen molar-refractivity contribution in [3.05, 3.63) is 26.4 Å². The normalized spacial score (nSPS) is 19.0. The molecule has 0 bridgehead atoms. The quantitative estimate of drug-likeness (QED) is 0.611. The van der Waals surface area contributed by atoms with E-state index in [2.05, 4.69) is 19.2 Å². The van der Waals surface area contributed by atoms with Crippen LogP contribution in [0.1, 0.15) is 19.4 Å². The Morgan fingerprint density at radius 2 is 1.88 bits per heavy atom. The highest BCUT2D eigenvalue weighted by molar-refractivity contribution is 5.43. The zero-order chi connectivity index (χ0) is 12.7. The average molecular weight is 239 g/mol. The molecule has 1 aliphatic rings. The molecule has 94 valence electrons. The van der Waals surface area contributed by atoms with E-state index in [-0.39, 0.29) is 11.2 Å². The Morgan fingerprint density at radius 1 is 1.24 bits per heavy atom. The number of hydrogen-bond donors (Lipinski definition) is 2. The van der Waals surface area contributed by atoms with Crippen LogP contribution in [0.25, 0.3) is 0 Å². The first-order valence-electron chi connectivity index (χ1n) is 5.80. The Kier molecular flexibility index (Phi) is 2.82. The molecular formula is C11H19N4O2+. The minimum atomic E-state index is -0.283. The molecule has 2 N–H and O–H groups in total. The first-order chi connectivity index (χ1) is 7.93. The highest BCUT2D eigenvalue weighted by Gasteiger charge is 2.26. The van der Waals surface area contributed by atoms with Crippen molar-refractivity contribution in [2.24, 2.45) is 14.1 Å². The van der Waals surface area contributed by atoms with Gasteiger partial charge in [-0.3, -0.25) is 13.9 Å². The summed E-state index contributed by atoms with van der Waals surface area (Å²) < 4.78 is 2.68. The van der Waals surface area contributed by atoms with Gasteiger partial charge in [-0.05, 0) is 13.8 Å². The van der Waals surface area contributed by atoms with Gasteiger partial charge in [0.15, 0.2) is 6.67 Å². The molecule has 1 aliphatic heterocycles. The first-order valence-corrected chi connectivity index (χ1v) is 5.80. The van der Waals surface area contributed by atoms with E-state index in [4.69, 9.17) is 0 Å². The van der Waals surface area contributed by atoms with E-state index >= 15 is 0 Å². The Hall–Kier alpha value is -1.56. The zero-order valence-electron chi connectivity index (χ0n) is 10.7. The predicted molar refractivity (Wildman–Crippen MR) is 65.2 cm³/mol. The van der Waals surface area contributed by atoms with Crippen LogP contribution in [0.15, 0.2) is 9.59 Å². The number of aromatic nitrogens is 2. The van der Waals surface area contributed by atoms with Gasteiger partial charge < -0.3 is 10.2 Å². The fourth-order valence-corrected chi connectivity index (χ4v) is 2.19. The van der Waals surface area contributed by atoms with Crippen LogP contribution < -0.4 is 21.5 Å². The lowest BCUT2D eigenvalue weighted by molar-refractivity contribution is -0.933. The van der Waals surface area contributed by atoms with Crippen LogP contribution in [-0.4, -0.2) is 21.8 Å². The van der Waals surface area contributed by atoms with Gasteiger partial charge in [0, 0.05) is 14.1 Å². The summed E-state index contributed by atoms with van der Waals surface area (Å²) in [4.78, 5) is 25.1. The highest BCUT2D eigenvalue weighted by atomic mass is 16.2. The summed E-state index contributed by atoms with van der Waals surface area (Å²) in [6.45, 7) is 5.65. The maximum atomic E-state index is 12.1. The lowest BCUT2D eigenvalue weighted by Gasteiger charge is -2.30. The third-order valence-corrected chi connectivity index (χ3v) is 3.46. The number of hydrogen-bond acceptors (Lipinski definition) is 3. The van der Waals surface area contributed by atoms with Crippen LogP contribution in [0, 0.1) is 0 Å². The van der Waals surface area contributed by atoms with Gasteiger partial charge in [-0.25, -0.2) is 4.79 Å². The van der Waals surface area contributed by atoms with Crippen molar-refractivity contribution < 1.29 is 4.90 Å². The molecule has 6 nitrogen and oxygen atoms in total. The summed E-state index contributed by atoms with van der Waals surface area (Å²) in [5, 5.41) is 3.18. The Balaban J connectivity index is 2.59. The second-order valence-electron chi connectivity index (χ2n) is 4.88. The number of fused-ring (bicyclic) bond motifs is 1. The molecular weight excluding hydrogens is 220 g/mol. The summed E-state index contributed by atoms with van der Waals surface area (Å²) in [6.07, 6.45) is 0. The smallest absolute Gasteiger partial charge is 0.324 e. The standard InChI is InChI=1S/C11H18N4O2/c1-7(2)15-5-8-9(12-6-15)13(3)11(17)14(4)10(8)16/h7,12H,5-6H2,1-4H3/p+1. The van der Waals surface area contributed by atoms with E-state index in [1.807, 2.05) is 0 Å². The van der Waals surface area contributed by atoms with Gasteiger partial charge in [0.1, 0.15) is 17.9 Å². The molecule has 0 aliphatic carbocycles. The molecule has 0 amide bonds. The molecule has 0 spiro atoms. The molecule has 0 fully saturated rings. The molecule has 0 radical (unpaired) electrons. The van der Waals surface area contributed by atoms with Gasteiger partial charge in [0.2, 0.25) is 0 Å². The van der Waals surface area contributed by atoms with Crippen LogP contribution in [0.2, 0.25) is 0 Å². The van der Waals surface area contributed by atoms with Gasteiger partial charge in [0.05, 0.1) is 6.04 Å². The minimum Gasteiger partial charge on any atom is -0.324 e. The van der Waals surface area contributed by atoms with Crippen molar-refractivity contribution in [1.82, 2.24) is 9.13 Å². The number of nitrogens with one attached hydrogen (secondary N) is 2. The Labute approximate surface area is 99.5 Å². The summed E-state index contributed by atoms with van der Waals surface area (Å²) in [7, 11) is 3.21. The molecule has 6 heteroatoms. The van der Waals surface area contributed by atoms with Gasteiger partial charge in [-0.15, -0.1) is 0 Å². The van der Waals surface area contributed by atoms with E-state index < -0.39 is 0 Å². The maximum absolute atomic E-state index is 12.1. The molecule has 0 saturated carbocycles. The summed E-state index contributed by atoms with van der Waals surface area (Å²) >= 11 is 0. The topological polar surface area (TPSA) is 60.5 Å². The van der Waals surface area contributed by atoms with Gasteiger partial charge >= 0.3 is 5.69 Å². The van der Waals surface area contributed by atoms with E-state index in [9.17, 15) is 9.59 Å². The predicted octanol–water partition coefficient (Wildman–Crippen LogP) is -1.74. The van der Waals surface area contributed by atoms with Crippen molar-refractivity contribution in [3.8, 4) is 0 Å². The van der Waals surface area contributed by atoms with Gasteiger partial charge in [-0.1, -0.05) is 0 Å². The summed E-state index contributed by atoms with van der Waals surface area (Å²) in [6, 6.07) is 0.442. The molecule has 0 aromatic carbocycles. The molecule has 1 aromatic rings. The minimum absolute atomic E-state index is 0.187. The molecule has 0 saturated heterocycles. The molecule has 1 aromatic heterocycles. The summed E-state index contributed by atoms with van der Waals surface area (Å²) in [5.41, 5.74) is 0.229. The second-order valence-corrected chi connectivity index (χ2v) is 4.88. The highest BCUT2D eigenvalue weighted by Crippen LogP contribution is 2.08. The van der Waals surface area contributed by atoms with Crippen LogP contribution >= 0.6 is 0 Å². The fourth-order valence-electron chi connectivity index (χ4n) is 2.19. The number of nitrogens with zero attached hydrogens (tertiary/aromatic N) is 2. The van der Waals surface area contributed by atoms with Crippen molar-refractivity contribution in [3.63, 3.8) is 0 Å². The molecule has 1 unspecified atom stereocenters. The monoisotopic (exact) mass is 239 g/mol. The van der Waals surface area contributed by atoms with E-state index in [0.717, 1.165) is 6.67 Å². The van der Waals surface area contributed by atoms with Crippen molar-refractivity contribution >= 4 is 5.82 Å². The first kappa shape index (κ1) is 11.9. The molecule has 2 rings (SSSR count). The molecule has 17 heavy (non-hydrogen) atoms. The average Bonchev–Trinajstić information content (AvgIpc) is 2.32. The van der Waals surface area contributed by atoms with E-state index in [1.165, 1.54) is 21.1 Å². The number of quaternary nitrogens is 1. The van der Waals surface area contributed by atoms with Crippen LogP contribution in [0.4, 0.5) is 5.82 Å². The van der Waals surface area contributed by atoms with Gasteiger partial charge in [-0.2, -0.15) is 0 Å². The third kappa shape index (κ3) is 1.78. The number of anilines is 1.